The van der Waals surface area contributed by atoms with Crippen molar-refractivity contribution in [3.05, 3.63) is 0 Å². The number of nitrogens with zero attached hydrogens (tertiary/aromatic N) is 1. The molecule has 2 N–H and O–H groups in total. The molecular formula is C9H17ClN2O2. The second-order valence-corrected chi connectivity index (χ2v) is 4.05. The van der Waals surface area contributed by atoms with Crippen LogP contribution in [0.4, 0.5) is 4.79 Å². The van der Waals surface area contributed by atoms with Crippen molar-refractivity contribution >= 4 is 18.5 Å². The van der Waals surface area contributed by atoms with Crippen LogP contribution in [0, 0.1) is 11.8 Å². The molecule has 2 aliphatic rings. The van der Waals surface area contributed by atoms with Gasteiger partial charge in [-0.05, 0) is 37.8 Å². The molecule has 5 heteroatoms. The van der Waals surface area contributed by atoms with Crippen molar-refractivity contribution in [2.45, 2.75) is 12.8 Å². The lowest BCUT2D eigenvalue weighted by molar-refractivity contribution is 0.0919. The van der Waals surface area contributed by atoms with Gasteiger partial charge in [0.2, 0.25) is 0 Å². The van der Waals surface area contributed by atoms with Gasteiger partial charge >= 0.3 is 6.09 Å². The van der Waals surface area contributed by atoms with E-state index in [1.165, 1.54) is 6.42 Å². The van der Waals surface area contributed by atoms with Crippen molar-refractivity contribution in [1.29, 1.82) is 0 Å². The van der Waals surface area contributed by atoms with E-state index in [9.17, 15) is 4.79 Å². The smallest absolute Gasteiger partial charge is 0.407 e. The summed E-state index contributed by atoms with van der Waals surface area (Å²) in [6.07, 6.45) is 1.49. The maximum Gasteiger partial charge on any atom is 0.407 e. The molecule has 1 unspecified atom stereocenters. The first-order valence-corrected chi connectivity index (χ1v) is 4.96. The van der Waals surface area contributed by atoms with Crippen molar-refractivity contribution in [2.24, 2.45) is 11.8 Å². The van der Waals surface area contributed by atoms with Crippen LogP contribution < -0.4 is 5.32 Å². The summed E-state index contributed by atoms with van der Waals surface area (Å²) in [7, 11) is 0. The summed E-state index contributed by atoms with van der Waals surface area (Å²) in [6.45, 7) is 3.64. The number of hydrogen-bond donors (Lipinski definition) is 2. The number of halogens is 1. The molecule has 2 aliphatic heterocycles. The normalized spacial score (nSPS) is 27.7. The molecule has 0 bridgehead atoms. The Labute approximate surface area is 90.1 Å². The lowest BCUT2D eigenvalue weighted by Gasteiger charge is -2.40. The van der Waals surface area contributed by atoms with E-state index in [1.807, 2.05) is 0 Å². The van der Waals surface area contributed by atoms with Gasteiger partial charge in [0.25, 0.3) is 0 Å². The topological polar surface area (TPSA) is 52.6 Å². The maximum absolute atomic E-state index is 10.7. The van der Waals surface area contributed by atoms with E-state index in [0.29, 0.717) is 5.92 Å². The minimum absolute atomic E-state index is 0. The number of rotatable bonds is 1. The molecule has 0 aromatic heterocycles. The Bertz CT molecular complexity index is 209. The molecule has 0 spiro atoms. The molecule has 2 saturated heterocycles. The minimum atomic E-state index is -0.753. The Kier molecular flexibility index (Phi) is 4.01. The zero-order valence-corrected chi connectivity index (χ0v) is 8.92. The number of nitrogens with one attached hydrogen (secondary N) is 1. The largest absolute Gasteiger partial charge is 0.465 e. The molecule has 4 nitrogen and oxygen atoms in total. The van der Waals surface area contributed by atoms with E-state index < -0.39 is 6.09 Å². The molecule has 0 saturated carbocycles. The highest BCUT2D eigenvalue weighted by atomic mass is 35.5. The zero-order chi connectivity index (χ0) is 9.26. The molecule has 0 radical (unpaired) electrons. The Morgan fingerprint density at radius 3 is 2.57 bits per heavy atom. The van der Waals surface area contributed by atoms with Crippen LogP contribution >= 0.6 is 12.4 Å². The quantitative estimate of drug-likeness (QED) is 0.694. The minimum Gasteiger partial charge on any atom is -0.465 e. The summed E-state index contributed by atoms with van der Waals surface area (Å²) in [4.78, 5) is 12.3. The summed E-state index contributed by atoms with van der Waals surface area (Å²) in [6, 6.07) is 0. The second-order valence-electron chi connectivity index (χ2n) is 4.05. The number of piperidine rings is 1. The summed E-state index contributed by atoms with van der Waals surface area (Å²) < 4.78 is 0. The van der Waals surface area contributed by atoms with Crippen LogP contribution in [0.2, 0.25) is 0 Å². The Balaban J connectivity index is 0.000000980. The molecule has 2 rings (SSSR count). The van der Waals surface area contributed by atoms with Crippen molar-refractivity contribution in [1.82, 2.24) is 10.2 Å². The second kappa shape index (κ2) is 4.84. The highest BCUT2D eigenvalue weighted by Gasteiger charge is 2.32. The van der Waals surface area contributed by atoms with Gasteiger partial charge in [-0.15, -0.1) is 12.4 Å². The van der Waals surface area contributed by atoms with E-state index in [1.54, 1.807) is 4.90 Å². The van der Waals surface area contributed by atoms with E-state index in [-0.39, 0.29) is 12.4 Å². The lowest BCUT2D eigenvalue weighted by atomic mass is 9.82. The molecule has 1 atom stereocenters. The third kappa shape index (κ3) is 2.30. The predicted molar refractivity (Wildman–Crippen MR) is 55.9 cm³/mol. The van der Waals surface area contributed by atoms with E-state index in [2.05, 4.69) is 5.32 Å². The molecule has 82 valence electrons. The summed E-state index contributed by atoms with van der Waals surface area (Å²) in [5.41, 5.74) is 0. The molecular weight excluding hydrogens is 204 g/mol. The first kappa shape index (κ1) is 11.6. The number of likely N-dealkylation sites (tertiary alicyclic amines) is 1. The van der Waals surface area contributed by atoms with E-state index in [4.69, 9.17) is 5.11 Å². The molecule has 2 fully saturated rings. The van der Waals surface area contributed by atoms with Gasteiger partial charge in [0.05, 0.1) is 0 Å². The lowest BCUT2D eigenvalue weighted by Crippen LogP contribution is -2.51. The molecule has 1 amide bonds. The van der Waals surface area contributed by atoms with E-state index in [0.717, 1.165) is 38.5 Å². The summed E-state index contributed by atoms with van der Waals surface area (Å²) in [5.74, 6) is 1.33. The number of amides is 1. The average molecular weight is 221 g/mol. The fraction of sp³-hybridized carbons (Fsp3) is 0.889. The third-order valence-electron chi connectivity index (χ3n) is 3.21. The SMILES string of the molecule is Cl.O=C(O)N1CCCC(C2CNC2)C1. The Hall–Kier alpha value is -0.480. The third-order valence-corrected chi connectivity index (χ3v) is 3.21. The number of hydrogen-bond acceptors (Lipinski definition) is 2. The molecule has 2 heterocycles. The van der Waals surface area contributed by atoms with Crippen molar-refractivity contribution in [2.75, 3.05) is 26.2 Å². The van der Waals surface area contributed by atoms with Gasteiger partial charge in [-0.25, -0.2) is 4.79 Å². The Morgan fingerprint density at radius 2 is 2.07 bits per heavy atom. The van der Waals surface area contributed by atoms with Gasteiger partial charge in [-0.3, -0.25) is 0 Å². The van der Waals surface area contributed by atoms with Crippen molar-refractivity contribution in [3.63, 3.8) is 0 Å². The highest BCUT2D eigenvalue weighted by molar-refractivity contribution is 5.85. The van der Waals surface area contributed by atoms with Gasteiger partial charge < -0.3 is 15.3 Å². The molecule has 14 heavy (non-hydrogen) atoms. The molecule has 0 aromatic carbocycles. The van der Waals surface area contributed by atoms with Gasteiger partial charge in [-0.2, -0.15) is 0 Å². The van der Waals surface area contributed by atoms with Crippen LogP contribution in [0.1, 0.15) is 12.8 Å². The van der Waals surface area contributed by atoms with Crippen LogP contribution in [0.15, 0.2) is 0 Å². The molecule has 0 aromatic rings. The maximum atomic E-state index is 10.7. The van der Waals surface area contributed by atoms with Gasteiger partial charge in [0.15, 0.2) is 0 Å². The van der Waals surface area contributed by atoms with Crippen molar-refractivity contribution in [3.8, 4) is 0 Å². The average Bonchev–Trinajstić information content (AvgIpc) is 2.01. The van der Waals surface area contributed by atoms with E-state index >= 15 is 0 Å². The zero-order valence-electron chi connectivity index (χ0n) is 8.11. The summed E-state index contributed by atoms with van der Waals surface area (Å²) in [5, 5.41) is 12.1. The van der Waals surface area contributed by atoms with Gasteiger partial charge in [-0.1, -0.05) is 0 Å². The van der Waals surface area contributed by atoms with Crippen LogP contribution in [-0.4, -0.2) is 42.3 Å². The highest BCUT2D eigenvalue weighted by Crippen LogP contribution is 2.26. The van der Waals surface area contributed by atoms with Gasteiger partial charge in [0.1, 0.15) is 0 Å². The van der Waals surface area contributed by atoms with Gasteiger partial charge in [0, 0.05) is 13.1 Å². The van der Waals surface area contributed by atoms with Crippen LogP contribution in [0.5, 0.6) is 0 Å². The monoisotopic (exact) mass is 220 g/mol. The first-order valence-electron chi connectivity index (χ1n) is 4.96. The standard InChI is InChI=1S/C9H16N2O2.ClH/c12-9(13)11-3-1-2-7(6-11)8-4-10-5-8;/h7-8,10H,1-6H2,(H,12,13);1H. The van der Waals surface area contributed by atoms with Crippen LogP contribution in [-0.2, 0) is 0 Å². The molecule has 0 aliphatic carbocycles. The van der Waals surface area contributed by atoms with Crippen LogP contribution in [0.25, 0.3) is 0 Å². The first-order chi connectivity index (χ1) is 6.27. The fourth-order valence-electron chi connectivity index (χ4n) is 2.21. The Morgan fingerprint density at radius 1 is 1.36 bits per heavy atom. The number of carbonyl (C=O) groups is 1. The number of carboxylic acid groups (broad SMARTS) is 1. The predicted octanol–water partition coefficient (Wildman–Crippen LogP) is 1.02. The fourth-order valence-corrected chi connectivity index (χ4v) is 2.21. The van der Waals surface area contributed by atoms with Crippen molar-refractivity contribution < 1.29 is 9.90 Å². The summed E-state index contributed by atoms with van der Waals surface area (Å²) >= 11 is 0. The van der Waals surface area contributed by atoms with Crippen LogP contribution in [0.3, 0.4) is 0 Å².